The number of amides is 2. The largest absolute Gasteiger partial charge is 0.339 e. The van der Waals surface area contributed by atoms with Gasteiger partial charge in [0.25, 0.3) is 0 Å². The summed E-state index contributed by atoms with van der Waals surface area (Å²) in [5.41, 5.74) is 6.54. The summed E-state index contributed by atoms with van der Waals surface area (Å²) in [6, 6.07) is 6.79. The molecule has 2 rings (SSSR count). The van der Waals surface area contributed by atoms with Crippen LogP contribution in [0, 0.1) is 0 Å². The van der Waals surface area contributed by atoms with E-state index < -0.39 is 6.04 Å². The number of hydrogen-bond donors (Lipinski definition) is 1. The van der Waals surface area contributed by atoms with Gasteiger partial charge in [-0.25, -0.2) is 0 Å². The fourth-order valence-electron chi connectivity index (χ4n) is 2.35. The quantitative estimate of drug-likeness (QED) is 0.902. The third-order valence-electron chi connectivity index (χ3n) is 3.60. The average Bonchev–Trinajstić information content (AvgIpc) is 2.49. The fourth-order valence-corrected chi connectivity index (χ4v) is 2.48. The van der Waals surface area contributed by atoms with E-state index in [2.05, 4.69) is 0 Å². The molecule has 0 aliphatic carbocycles. The molecular formula is C15H20ClN3O2. The topological polar surface area (TPSA) is 66.6 Å². The summed E-state index contributed by atoms with van der Waals surface area (Å²) < 4.78 is 0. The van der Waals surface area contributed by atoms with E-state index in [0.717, 1.165) is 5.56 Å². The van der Waals surface area contributed by atoms with Crippen molar-refractivity contribution < 1.29 is 9.59 Å². The lowest BCUT2D eigenvalue weighted by atomic mass is 10.1. The minimum Gasteiger partial charge on any atom is -0.339 e. The van der Waals surface area contributed by atoms with Crippen LogP contribution in [0.5, 0.6) is 0 Å². The van der Waals surface area contributed by atoms with Gasteiger partial charge in [-0.05, 0) is 24.6 Å². The molecule has 0 saturated carbocycles. The number of hydrogen-bond acceptors (Lipinski definition) is 3. The number of carbonyl (C=O) groups excluding carboxylic acids is 2. The molecule has 0 radical (unpaired) electrons. The Morgan fingerprint density at radius 1 is 1.14 bits per heavy atom. The van der Waals surface area contributed by atoms with Crippen molar-refractivity contribution in [2.24, 2.45) is 5.73 Å². The normalized spacial score (nSPS) is 16.7. The minimum atomic E-state index is -0.485. The van der Waals surface area contributed by atoms with E-state index in [9.17, 15) is 9.59 Å². The molecule has 21 heavy (non-hydrogen) atoms. The highest BCUT2D eigenvalue weighted by molar-refractivity contribution is 6.30. The van der Waals surface area contributed by atoms with Crippen molar-refractivity contribution in [2.75, 3.05) is 26.2 Å². The zero-order valence-corrected chi connectivity index (χ0v) is 12.8. The van der Waals surface area contributed by atoms with Crippen LogP contribution < -0.4 is 5.73 Å². The maximum atomic E-state index is 12.2. The third kappa shape index (κ3) is 4.19. The smallest absolute Gasteiger partial charge is 0.239 e. The van der Waals surface area contributed by atoms with Gasteiger partial charge in [0.2, 0.25) is 11.8 Å². The maximum Gasteiger partial charge on any atom is 0.239 e. The lowest BCUT2D eigenvalue weighted by Crippen LogP contribution is -2.54. The highest BCUT2D eigenvalue weighted by Crippen LogP contribution is 2.12. The van der Waals surface area contributed by atoms with E-state index in [4.69, 9.17) is 17.3 Å². The van der Waals surface area contributed by atoms with Gasteiger partial charge in [-0.15, -0.1) is 0 Å². The Morgan fingerprint density at radius 2 is 1.67 bits per heavy atom. The van der Waals surface area contributed by atoms with Crippen LogP contribution in [0.1, 0.15) is 12.5 Å². The van der Waals surface area contributed by atoms with Gasteiger partial charge in [-0.2, -0.15) is 0 Å². The van der Waals surface area contributed by atoms with Crippen LogP contribution >= 0.6 is 11.6 Å². The van der Waals surface area contributed by atoms with Crippen LogP contribution in [-0.4, -0.2) is 53.8 Å². The van der Waals surface area contributed by atoms with Crippen LogP contribution in [-0.2, 0) is 16.0 Å². The Morgan fingerprint density at radius 3 is 2.19 bits per heavy atom. The van der Waals surface area contributed by atoms with Crippen LogP contribution in [0.15, 0.2) is 24.3 Å². The molecule has 0 unspecified atom stereocenters. The van der Waals surface area contributed by atoms with Crippen molar-refractivity contribution in [3.63, 3.8) is 0 Å². The Bertz CT molecular complexity index is 508. The van der Waals surface area contributed by atoms with Crippen LogP contribution in [0.4, 0.5) is 0 Å². The average molecular weight is 310 g/mol. The second-order valence-electron chi connectivity index (χ2n) is 5.30. The molecule has 1 heterocycles. The highest BCUT2D eigenvalue weighted by Gasteiger charge is 2.25. The molecule has 2 amide bonds. The Kier molecular flexibility index (Phi) is 5.20. The van der Waals surface area contributed by atoms with Crippen LogP contribution in [0.25, 0.3) is 0 Å². The Labute approximate surface area is 129 Å². The van der Waals surface area contributed by atoms with Crippen molar-refractivity contribution in [1.82, 2.24) is 9.80 Å². The first-order chi connectivity index (χ1) is 9.97. The van der Waals surface area contributed by atoms with Crippen molar-refractivity contribution in [2.45, 2.75) is 19.4 Å². The first-order valence-corrected chi connectivity index (χ1v) is 7.42. The van der Waals surface area contributed by atoms with Crippen LogP contribution in [0.2, 0.25) is 5.02 Å². The molecule has 0 spiro atoms. The lowest BCUT2D eigenvalue weighted by molar-refractivity contribution is -0.139. The van der Waals surface area contributed by atoms with E-state index in [1.54, 1.807) is 28.9 Å². The number of halogens is 1. The van der Waals surface area contributed by atoms with Gasteiger partial charge in [0.1, 0.15) is 0 Å². The van der Waals surface area contributed by atoms with E-state index in [1.807, 2.05) is 12.1 Å². The van der Waals surface area contributed by atoms with E-state index >= 15 is 0 Å². The van der Waals surface area contributed by atoms with Crippen molar-refractivity contribution in [3.8, 4) is 0 Å². The SMILES string of the molecule is C[C@H](N)C(=O)N1CCN(C(=O)Cc2ccc(Cl)cc2)CC1. The van der Waals surface area contributed by atoms with Crippen LogP contribution in [0.3, 0.4) is 0 Å². The Balaban J connectivity index is 1.86. The van der Waals surface area contributed by atoms with E-state index in [-0.39, 0.29) is 11.8 Å². The molecule has 0 bridgehead atoms. The molecule has 6 heteroatoms. The van der Waals surface area contributed by atoms with Gasteiger partial charge >= 0.3 is 0 Å². The van der Waals surface area contributed by atoms with Crippen molar-refractivity contribution in [1.29, 1.82) is 0 Å². The predicted octanol–water partition coefficient (Wildman–Crippen LogP) is 0.901. The van der Waals surface area contributed by atoms with Crippen molar-refractivity contribution in [3.05, 3.63) is 34.9 Å². The van der Waals surface area contributed by atoms with Gasteiger partial charge in [-0.1, -0.05) is 23.7 Å². The molecule has 1 aliphatic heterocycles. The first kappa shape index (κ1) is 15.8. The summed E-state index contributed by atoms with van der Waals surface area (Å²) in [6.45, 7) is 3.90. The molecule has 1 aromatic carbocycles. The molecule has 1 aliphatic rings. The van der Waals surface area contributed by atoms with E-state index in [1.165, 1.54) is 0 Å². The van der Waals surface area contributed by atoms with Gasteiger partial charge < -0.3 is 15.5 Å². The number of benzene rings is 1. The number of nitrogens with two attached hydrogens (primary N) is 1. The summed E-state index contributed by atoms with van der Waals surface area (Å²) in [5.74, 6) is 0.0185. The molecule has 0 aromatic heterocycles. The molecule has 1 fully saturated rings. The molecule has 1 atom stereocenters. The summed E-state index contributed by atoms with van der Waals surface area (Å²) in [5, 5.41) is 0.661. The van der Waals surface area contributed by atoms with Gasteiger partial charge in [0, 0.05) is 31.2 Å². The molecule has 5 nitrogen and oxygen atoms in total. The first-order valence-electron chi connectivity index (χ1n) is 7.04. The number of piperazine rings is 1. The minimum absolute atomic E-state index is 0.0557. The van der Waals surface area contributed by atoms with Gasteiger partial charge in [-0.3, -0.25) is 9.59 Å². The monoisotopic (exact) mass is 309 g/mol. The second kappa shape index (κ2) is 6.91. The zero-order valence-electron chi connectivity index (χ0n) is 12.1. The zero-order chi connectivity index (χ0) is 15.4. The second-order valence-corrected chi connectivity index (χ2v) is 5.73. The van der Waals surface area contributed by atoms with E-state index in [0.29, 0.717) is 37.6 Å². The predicted molar refractivity (Wildman–Crippen MR) is 82.0 cm³/mol. The standard InChI is InChI=1S/C15H20ClN3O2/c1-11(17)15(21)19-8-6-18(7-9-19)14(20)10-12-2-4-13(16)5-3-12/h2-5,11H,6-10,17H2,1H3/t11-/m0/s1. The summed E-state index contributed by atoms with van der Waals surface area (Å²) in [4.78, 5) is 27.5. The molecule has 1 saturated heterocycles. The molecule has 2 N–H and O–H groups in total. The summed E-state index contributed by atoms with van der Waals surface area (Å²) in [6.07, 6.45) is 0.360. The summed E-state index contributed by atoms with van der Waals surface area (Å²) in [7, 11) is 0. The lowest BCUT2D eigenvalue weighted by Gasteiger charge is -2.35. The third-order valence-corrected chi connectivity index (χ3v) is 3.85. The molecule has 1 aromatic rings. The van der Waals surface area contributed by atoms with Gasteiger partial charge in [0.15, 0.2) is 0 Å². The number of nitrogens with zero attached hydrogens (tertiary/aromatic N) is 2. The number of rotatable bonds is 3. The van der Waals surface area contributed by atoms with Crippen molar-refractivity contribution >= 4 is 23.4 Å². The van der Waals surface area contributed by atoms with Gasteiger partial charge in [0.05, 0.1) is 12.5 Å². The highest BCUT2D eigenvalue weighted by atomic mass is 35.5. The Hall–Kier alpha value is -1.59. The maximum absolute atomic E-state index is 12.2. The molecular weight excluding hydrogens is 290 g/mol. The fraction of sp³-hybridized carbons (Fsp3) is 0.467. The number of carbonyl (C=O) groups is 2. The molecule has 114 valence electrons. The summed E-state index contributed by atoms with van der Waals surface area (Å²) >= 11 is 5.83.